The first-order valence-corrected chi connectivity index (χ1v) is 12.0. The lowest BCUT2D eigenvalue weighted by molar-refractivity contribution is -0.0508. The lowest BCUT2D eigenvalue weighted by atomic mass is 10.1. The van der Waals surface area contributed by atoms with Crippen LogP contribution in [0.5, 0.6) is 0 Å². The zero-order valence-electron chi connectivity index (χ0n) is 20.3. The first-order chi connectivity index (χ1) is 17.5. The molecule has 0 bridgehead atoms. The summed E-state index contributed by atoms with van der Waals surface area (Å²) in [5.41, 5.74) is 4.49. The van der Waals surface area contributed by atoms with Crippen LogP contribution in [0, 0.1) is 0 Å². The van der Waals surface area contributed by atoms with Crippen molar-refractivity contribution in [1.82, 2.24) is 19.4 Å². The topological polar surface area (TPSA) is 116 Å². The maximum Gasteiger partial charge on any atom is 0.164 e. The van der Waals surface area contributed by atoms with Crippen molar-refractivity contribution in [1.29, 1.82) is 0 Å². The molecule has 0 unspecified atom stereocenters. The molecule has 4 atom stereocenters. The fraction of sp³-hybridized carbons (Fsp3) is 0.333. The van der Waals surface area contributed by atoms with Gasteiger partial charge in [-0.3, -0.25) is 0 Å². The van der Waals surface area contributed by atoms with Crippen LogP contribution in [0.1, 0.15) is 11.8 Å². The number of ether oxygens (including phenoxy) is 1. The van der Waals surface area contributed by atoms with Crippen LogP contribution in [0.2, 0.25) is 0 Å². The minimum absolute atomic E-state index is 0.397. The second-order valence-electron chi connectivity index (χ2n) is 9.34. The lowest BCUT2D eigenvalue weighted by Gasteiger charge is -2.17. The molecule has 2 aromatic heterocycles. The van der Waals surface area contributed by atoms with E-state index in [0.717, 1.165) is 35.2 Å². The van der Waals surface area contributed by atoms with Crippen LogP contribution in [0.4, 0.5) is 11.5 Å². The number of anilines is 2. The number of aliphatic hydroxyl groups is 3. The molecule has 0 radical (unpaired) electrons. The van der Waals surface area contributed by atoms with Crippen molar-refractivity contribution >= 4 is 22.5 Å². The Bertz CT molecular complexity index is 1310. The number of likely N-dealkylation sites (N-methyl/N-ethyl adjacent to an activating group) is 1. The van der Waals surface area contributed by atoms with Crippen molar-refractivity contribution in [3.8, 4) is 11.1 Å². The highest BCUT2D eigenvalue weighted by atomic mass is 16.6. The maximum absolute atomic E-state index is 10.7. The van der Waals surface area contributed by atoms with Crippen LogP contribution in [0.15, 0.2) is 67.1 Å². The Morgan fingerprint density at radius 3 is 2.42 bits per heavy atom. The van der Waals surface area contributed by atoms with E-state index in [0.29, 0.717) is 11.5 Å². The Kier molecular flexibility index (Phi) is 6.99. The molecular formula is C27H31N5O4. The number of fused-ring (bicyclic) bond motifs is 1. The number of rotatable bonds is 8. The molecule has 0 saturated carbocycles. The van der Waals surface area contributed by atoms with Gasteiger partial charge in [-0.1, -0.05) is 42.5 Å². The summed E-state index contributed by atoms with van der Waals surface area (Å²) in [7, 11) is 4.13. The van der Waals surface area contributed by atoms with Gasteiger partial charge >= 0.3 is 0 Å². The molecule has 0 aliphatic carbocycles. The van der Waals surface area contributed by atoms with Gasteiger partial charge in [0.25, 0.3) is 0 Å². The molecule has 4 N–H and O–H groups in total. The highest BCUT2D eigenvalue weighted by Crippen LogP contribution is 2.39. The normalized spacial score (nSPS) is 21.9. The van der Waals surface area contributed by atoms with Crippen molar-refractivity contribution in [2.45, 2.75) is 31.0 Å². The Labute approximate surface area is 209 Å². The molecular weight excluding hydrogens is 458 g/mol. The second-order valence-corrected chi connectivity index (χ2v) is 9.34. The monoisotopic (exact) mass is 489 g/mol. The summed E-state index contributed by atoms with van der Waals surface area (Å²) in [4.78, 5) is 11.2. The quantitative estimate of drug-likeness (QED) is 0.299. The molecule has 4 aromatic rings. The van der Waals surface area contributed by atoms with Crippen LogP contribution < -0.4 is 5.32 Å². The third-order valence-corrected chi connectivity index (χ3v) is 6.55. The highest BCUT2D eigenvalue weighted by Gasteiger charge is 2.44. The van der Waals surface area contributed by atoms with E-state index in [1.54, 1.807) is 4.57 Å². The van der Waals surface area contributed by atoms with Crippen molar-refractivity contribution < 1.29 is 20.1 Å². The van der Waals surface area contributed by atoms with Crippen LogP contribution >= 0.6 is 0 Å². The summed E-state index contributed by atoms with van der Waals surface area (Å²) in [6.45, 7) is 0.583. The van der Waals surface area contributed by atoms with Gasteiger partial charge in [0.05, 0.1) is 12.0 Å². The molecule has 3 heterocycles. The SMILES string of the molecule is CN(C)CCc1ccc(Nc2ncnc3c2c(-c2ccccc2)cn3[C@@H]2O[C@@H](CO)[C@@H](O)[C@H]2O)cc1. The van der Waals surface area contributed by atoms with Gasteiger partial charge < -0.3 is 34.8 Å². The largest absolute Gasteiger partial charge is 0.394 e. The van der Waals surface area contributed by atoms with E-state index in [4.69, 9.17) is 4.74 Å². The molecule has 1 aliphatic heterocycles. The summed E-state index contributed by atoms with van der Waals surface area (Å²) in [5, 5.41) is 34.8. The summed E-state index contributed by atoms with van der Waals surface area (Å²) in [6, 6.07) is 18.1. The van der Waals surface area contributed by atoms with Gasteiger partial charge in [-0.05, 0) is 43.8 Å². The fourth-order valence-corrected chi connectivity index (χ4v) is 4.56. The van der Waals surface area contributed by atoms with E-state index in [9.17, 15) is 15.3 Å². The Morgan fingerprint density at radius 2 is 1.75 bits per heavy atom. The Balaban J connectivity index is 1.55. The molecule has 5 rings (SSSR count). The van der Waals surface area contributed by atoms with E-state index >= 15 is 0 Å². The predicted molar refractivity (Wildman–Crippen MR) is 138 cm³/mol. The van der Waals surface area contributed by atoms with E-state index in [1.807, 2.05) is 48.7 Å². The first-order valence-electron chi connectivity index (χ1n) is 12.0. The van der Waals surface area contributed by atoms with Crippen LogP contribution in [-0.2, 0) is 11.2 Å². The maximum atomic E-state index is 10.7. The summed E-state index contributed by atoms with van der Waals surface area (Å²) < 4.78 is 7.53. The number of aromatic nitrogens is 3. The van der Waals surface area contributed by atoms with Crippen LogP contribution in [-0.4, -0.2) is 80.3 Å². The number of hydrogen-bond acceptors (Lipinski definition) is 8. The molecule has 1 fully saturated rings. The third kappa shape index (κ3) is 4.71. The Morgan fingerprint density at radius 1 is 1.00 bits per heavy atom. The third-order valence-electron chi connectivity index (χ3n) is 6.55. The Hall–Kier alpha value is -3.34. The molecule has 1 aliphatic rings. The summed E-state index contributed by atoms with van der Waals surface area (Å²) >= 11 is 0. The average molecular weight is 490 g/mol. The standard InChI is InChI=1S/C27H31N5O4/c1-31(2)13-12-17-8-10-19(11-9-17)30-25-22-20(18-6-4-3-5-7-18)14-32(26(22)29-16-28-25)27-24(35)23(34)21(15-33)36-27/h3-11,14,16,21,23-24,27,33-35H,12-13,15H2,1-2H3,(H,28,29,30)/t21-,23+,24+,27+/m0/s1. The van der Waals surface area contributed by atoms with Gasteiger partial charge in [0.15, 0.2) is 6.23 Å². The van der Waals surface area contributed by atoms with Gasteiger partial charge in [-0.2, -0.15) is 0 Å². The molecule has 0 spiro atoms. The molecule has 9 heteroatoms. The van der Waals surface area contributed by atoms with Gasteiger partial charge in [-0.25, -0.2) is 9.97 Å². The zero-order chi connectivity index (χ0) is 25.2. The minimum atomic E-state index is -1.22. The number of benzene rings is 2. The van der Waals surface area contributed by atoms with E-state index in [-0.39, 0.29) is 0 Å². The lowest BCUT2D eigenvalue weighted by Crippen LogP contribution is -2.33. The number of hydrogen-bond donors (Lipinski definition) is 4. The smallest absolute Gasteiger partial charge is 0.164 e. The number of nitrogens with zero attached hydrogens (tertiary/aromatic N) is 4. The van der Waals surface area contributed by atoms with Crippen molar-refractivity contribution in [2.75, 3.05) is 32.6 Å². The van der Waals surface area contributed by atoms with Crippen molar-refractivity contribution in [3.05, 3.63) is 72.7 Å². The zero-order valence-corrected chi connectivity index (χ0v) is 20.3. The average Bonchev–Trinajstić information content (AvgIpc) is 3.42. The molecule has 9 nitrogen and oxygen atoms in total. The van der Waals surface area contributed by atoms with Crippen LogP contribution in [0.3, 0.4) is 0 Å². The second kappa shape index (κ2) is 10.3. The fourth-order valence-electron chi connectivity index (χ4n) is 4.56. The highest BCUT2D eigenvalue weighted by molar-refractivity contribution is 6.02. The molecule has 188 valence electrons. The first kappa shape index (κ1) is 24.4. The van der Waals surface area contributed by atoms with Crippen molar-refractivity contribution in [2.24, 2.45) is 0 Å². The van der Waals surface area contributed by atoms with Gasteiger partial charge in [0.1, 0.15) is 36.1 Å². The van der Waals surface area contributed by atoms with E-state index in [1.165, 1.54) is 11.9 Å². The van der Waals surface area contributed by atoms with Crippen molar-refractivity contribution in [3.63, 3.8) is 0 Å². The molecule has 2 aromatic carbocycles. The number of aliphatic hydroxyl groups excluding tert-OH is 3. The van der Waals surface area contributed by atoms with E-state index in [2.05, 4.69) is 46.4 Å². The molecule has 0 amide bonds. The number of nitrogens with one attached hydrogen (secondary N) is 1. The summed E-state index contributed by atoms with van der Waals surface area (Å²) in [5.74, 6) is 0.616. The summed E-state index contributed by atoms with van der Waals surface area (Å²) in [6.07, 6.45) is 0.0679. The molecule has 1 saturated heterocycles. The minimum Gasteiger partial charge on any atom is -0.394 e. The van der Waals surface area contributed by atoms with E-state index < -0.39 is 31.1 Å². The van der Waals surface area contributed by atoms with Gasteiger partial charge in [0, 0.05) is 24.0 Å². The molecule has 36 heavy (non-hydrogen) atoms. The van der Waals surface area contributed by atoms with Gasteiger partial charge in [0.2, 0.25) is 0 Å². The van der Waals surface area contributed by atoms with Gasteiger partial charge in [-0.15, -0.1) is 0 Å². The van der Waals surface area contributed by atoms with Crippen LogP contribution in [0.25, 0.3) is 22.2 Å². The predicted octanol–water partition coefficient (Wildman–Crippen LogP) is 2.56.